The average Bonchev–Trinajstić information content (AvgIpc) is 2.99. The van der Waals surface area contributed by atoms with Crippen LogP contribution in [0.1, 0.15) is 12.0 Å². The summed E-state index contributed by atoms with van der Waals surface area (Å²) in [5.41, 5.74) is 0.310. The van der Waals surface area contributed by atoms with Crippen molar-refractivity contribution in [1.82, 2.24) is 4.90 Å². The van der Waals surface area contributed by atoms with Gasteiger partial charge in [-0.2, -0.15) is 0 Å². The maximum Gasteiger partial charge on any atom is 0.261 e. The Labute approximate surface area is 172 Å². The van der Waals surface area contributed by atoms with Crippen molar-refractivity contribution in [1.29, 1.82) is 0 Å². The van der Waals surface area contributed by atoms with Crippen LogP contribution in [0, 0.1) is 5.82 Å². The molecule has 3 rings (SSSR count). The van der Waals surface area contributed by atoms with Crippen molar-refractivity contribution in [3.8, 4) is 5.75 Å². The van der Waals surface area contributed by atoms with E-state index >= 15 is 0 Å². The third kappa shape index (κ3) is 5.16. The number of rotatable bonds is 6. The quantitative estimate of drug-likeness (QED) is 0.679. The molecular formula is C19H18Cl2FNO4S. The second-order valence-corrected chi connectivity index (χ2v) is 9.61. The van der Waals surface area contributed by atoms with Crippen molar-refractivity contribution in [2.75, 3.05) is 18.1 Å². The van der Waals surface area contributed by atoms with Gasteiger partial charge in [0.1, 0.15) is 11.6 Å². The Bertz CT molecular complexity index is 984. The molecule has 2 aromatic rings. The molecule has 1 heterocycles. The summed E-state index contributed by atoms with van der Waals surface area (Å²) in [5, 5.41) is 0.686. The molecule has 1 saturated heterocycles. The zero-order chi connectivity index (χ0) is 20.3. The van der Waals surface area contributed by atoms with E-state index < -0.39 is 27.6 Å². The lowest BCUT2D eigenvalue weighted by Crippen LogP contribution is -2.43. The Kier molecular flexibility index (Phi) is 6.47. The molecule has 0 N–H and O–H groups in total. The predicted molar refractivity (Wildman–Crippen MR) is 106 cm³/mol. The molecule has 0 saturated carbocycles. The minimum Gasteiger partial charge on any atom is -0.482 e. The fourth-order valence-electron chi connectivity index (χ4n) is 3.07. The largest absolute Gasteiger partial charge is 0.482 e. The highest BCUT2D eigenvalue weighted by Crippen LogP contribution is 2.28. The molecule has 2 aromatic carbocycles. The van der Waals surface area contributed by atoms with Gasteiger partial charge in [-0.1, -0.05) is 41.4 Å². The molecule has 1 amide bonds. The SMILES string of the molecule is O=C(COc1ccc(Cl)cc1Cl)N(Cc1ccccc1F)[C@H]1CCS(=O)(=O)C1. The first kappa shape index (κ1) is 20.9. The summed E-state index contributed by atoms with van der Waals surface area (Å²) in [4.78, 5) is 14.2. The number of carbonyl (C=O) groups is 1. The van der Waals surface area contributed by atoms with Gasteiger partial charge in [0.25, 0.3) is 5.91 Å². The molecule has 0 spiro atoms. The number of hydrogen-bond acceptors (Lipinski definition) is 4. The first-order valence-electron chi connectivity index (χ1n) is 8.56. The summed E-state index contributed by atoms with van der Waals surface area (Å²) in [6.07, 6.45) is 0.310. The predicted octanol–water partition coefficient (Wildman–Crippen LogP) is 3.73. The molecule has 9 heteroatoms. The lowest BCUT2D eigenvalue weighted by atomic mass is 10.1. The molecule has 1 fully saturated rings. The van der Waals surface area contributed by atoms with Crippen LogP contribution in [0.3, 0.4) is 0 Å². The van der Waals surface area contributed by atoms with E-state index in [1.54, 1.807) is 30.3 Å². The van der Waals surface area contributed by atoms with E-state index in [0.717, 1.165) is 0 Å². The smallest absolute Gasteiger partial charge is 0.261 e. The fraction of sp³-hybridized carbons (Fsp3) is 0.316. The zero-order valence-corrected chi connectivity index (χ0v) is 17.1. The third-order valence-corrected chi connectivity index (χ3v) is 6.79. The van der Waals surface area contributed by atoms with Gasteiger partial charge in [-0.15, -0.1) is 0 Å². The van der Waals surface area contributed by atoms with Gasteiger partial charge in [0, 0.05) is 23.2 Å². The van der Waals surface area contributed by atoms with Crippen LogP contribution in [0.15, 0.2) is 42.5 Å². The average molecular weight is 446 g/mol. The maximum atomic E-state index is 14.1. The highest BCUT2D eigenvalue weighted by molar-refractivity contribution is 7.91. The highest BCUT2D eigenvalue weighted by atomic mass is 35.5. The van der Waals surface area contributed by atoms with Gasteiger partial charge in [0.15, 0.2) is 16.4 Å². The molecule has 5 nitrogen and oxygen atoms in total. The molecule has 0 radical (unpaired) electrons. The summed E-state index contributed by atoms with van der Waals surface area (Å²) in [6.45, 7) is -0.393. The Balaban J connectivity index is 1.77. The number of hydrogen-bond donors (Lipinski definition) is 0. The summed E-state index contributed by atoms with van der Waals surface area (Å²) >= 11 is 11.9. The first-order valence-corrected chi connectivity index (χ1v) is 11.1. The van der Waals surface area contributed by atoms with Crippen LogP contribution in [0.4, 0.5) is 4.39 Å². The number of sulfone groups is 1. The van der Waals surface area contributed by atoms with Crippen LogP contribution in [0.5, 0.6) is 5.75 Å². The molecule has 1 aliphatic heterocycles. The standard InChI is InChI=1S/C19H18Cl2FNO4S/c20-14-5-6-18(16(21)9-14)27-11-19(24)23(15-7-8-28(25,26)12-15)10-13-3-1-2-4-17(13)22/h1-6,9,15H,7-8,10-12H2/t15-/m0/s1. The fourth-order valence-corrected chi connectivity index (χ4v) is 5.26. The van der Waals surface area contributed by atoms with Crippen LogP contribution in [0.25, 0.3) is 0 Å². The monoisotopic (exact) mass is 445 g/mol. The summed E-state index contributed by atoms with van der Waals surface area (Å²) in [5.74, 6) is -0.763. The number of nitrogens with zero attached hydrogens (tertiary/aromatic N) is 1. The minimum absolute atomic E-state index is 0.00257. The second kappa shape index (κ2) is 8.68. The van der Waals surface area contributed by atoms with Crippen LogP contribution in [0.2, 0.25) is 10.0 Å². The van der Waals surface area contributed by atoms with E-state index in [9.17, 15) is 17.6 Å². The Hall–Kier alpha value is -1.83. The van der Waals surface area contributed by atoms with E-state index in [2.05, 4.69) is 0 Å². The van der Waals surface area contributed by atoms with Gasteiger partial charge in [-0.25, -0.2) is 12.8 Å². The minimum atomic E-state index is -3.22. The number of ether oxygens (including phenoxy) is 1. The second-order valence-electron chi connectivity index (χ2n) is 6.53. The lowest BCUT2D eigenvalue weighted by molar-refractivity contribution is -0.136. The molecule has 1 atom stereocenters. The van der Waals surface area contributed by atoms with Gasteiger partial charge >= 0.3 is 0 Å². The number of carbonyl (C=O) groups excluding carboxylic acids is 1. The van der Waals surface area contributed by atoms with Crippen molar-refractivity contribution >= 4 is 38.9 Å². The van der Waals surface area contributed by atoms with Crippen LogP contribution in [-0.2, 0) is 21.2 Å². The first-order chi connectivity index (χ1) is 13.2. The molecule has 0 aliphatic carbocycles. The van der Waals surface area contributed by atoms with Crippen molar-refractivity contribution in [3.63, 3.8) is 0 Å². The summed E-state index contributed by atoms with van der Waals surface area (Å²) in [7, 11) is -3.22. The van der Waals surface area contributed by atoms with Gasteiger partial charge in [-0.3, -0.25) is 4.79 Å². The molecule has 0 aromatic heterocycles. The Morgan fingerprint density at radius 2 is 1.96 bits per heavy atom. The van der Waals surface area contributed by atoms with E-state index in [1.807, 2.05) is 0 Å². The molecule has 0 bridgehead atoms. The van der Waals surface area contributed by atoms with E-state index in [-0.39, 0.29) is 35.4 Å². The van der Waals surface area contributed by atoms with Crippen molar-refractivity contribution < 1.29 is 22.3 Å². The Morgan fingerprint density at radius 3 is 2.61 bits per heavy atom. The lowest BCUT2D eigenvalue weighted by Gasteiger charge is -2.28. The van der Waals surface area contributed by atoms with Crippen LogP contribution in [-0.4, -0.2) is 43.4 Å². The van der Waals surface area contributed by atoms with E-state index in [4.69, 9.17) is 27.9 Å². The maximum absolute atomic E-state index is 14.1. The number of halogens is 3. The van der Waals surface area contributed by atoms with Crippen molar-refractivity contribution in [2.24, 2.45) is 0 Å². The molecular weight excluding hydrogens is 428 g/mol. The topological polar surface area (TPSA) is 63.7 Å². The summed E-state index contributed by atoms with van der Waals surface area (Å²) < 4.78 is 43.3. The van der Waals surface area contributed by atoms with Crippen molar-refractivity contribution in [3.05, 3.63) is 63.9 Å². The molecule has 0 unspecified atom stereocenters. The third-order valence-electron chi connectivity index (χ3n) is 4.51. The highest BCUT2D eigenvalue weighted by Gasteiger charge is 2.35. The van der Waals surface area contributed by atoms with Gasteiger partial charge in [0.05, 0.1) is 16.5 Å². The van der Waals surface area contributed by atoms with Gasteiger partial charge in [0.2, 0.25) is 0 Å². The van der Waals surface area contributed by atoms with Crippen LogP contribution >= 0.6 is 23.2 Å². The molecule has 28 heavy (non-hydrogen) atoms. The normalized spacial score (nSPS) is 18.0. The van der Waals surface area contributed by atoms with E-state index in [0.29, 0.717) is 17.0 Å². The summed E-state index contributed by atoms with van der Waals surface area (Å²) in [6, 6.07) is 10.2. The van der Waals surface area contributed by atoms with Crippen molar-refractivity contribution in [2.45, 2.75) is 19.0 Å². The van der Waals surface area contributed by atoms with Gasteiger partial charge in [-0.05, 0) is 30.7 Å². The Morgan fingerprint density at radius 1 is 1.21 bits per heavy atom. The van der Waals surface area contributed by atoms with E-state index in [1.165, 1.54) is 17.0 Å². The van der Waals surface area contributed by atoms with Crippen LogP contribution < -0.4 is 4.74 Å². The van der Waals surface area contributed by atoms with Gasteiger partial charge < -0.3 is 9.64 Å². The molecule has 1 aliphatic rings. The zero-order valence-electron chi connectivity index (χ0n) is 14.8. The number of amides is 1. The molecule has 150 valence electrons. The number of benzene rings is 2.